The predicted molar refractivity (Wildman–Crippen MR) is 82.9 cm³/mol. The number of allylic oxidation sites excluding steroid dienone is 1. The molecule has 0 radical (unpaired) electrons. The molecule has 0 amide bonds. The van der Waals surface area contributed by atoms with Crippen LogP contribution in [0.15, 0.2) is 12.2 Å². The summed E-state index contributed by atoms with van der Waals surface area (Å²) in [6.07, 6.45) is 7.21. The van der Waals surface area contributed by atoms with E-state index in [2.05, 4.69) is 20.8 Å². The van der Waals surface area contributed by atoms with Crippen molar-refractivity contribution in [2.75, 3.05) is 0 Å². The van der Waals surface area contributed by atoms with E-state index in [0.717, 1.165) is 25.7 Å². The van der Waals surface area contributed by atoms with Gasteiger partial charge in [-0.15, -0.1) is 0 Å². The summed E-state index contributed by atoms with van der Waals surface area (Å²) in [7, 11) is 0. The number of carboxylic acid groups (broad SMARTS) is 1. The quantitative estimate of drug-likeness (QED) is 0.602. The number of aliphatic hydroxyl groups is 2. The van der Waals surface area contributed by atoms with Gasteiger partial charge in [0.15, 0.2) is 0 Å². The molecule has 1 aliphatic carbocycles. The van der Waals surface area contributed by atoms with Crippen molar-refractivity contribution in [3.05, 3.63) is 12.2 Å². The van der Waals surface area contributed by atoms with Crippen LogP contribution in [0.5, 0.6) is 0 Å². The molecule has 0 aromatic rings. The van der Waals surface area contributed by atoms with Gasteiger partial charge in [-0.25, -0.2) is 0 Å². The van der Waals surface area contributed by atoms with E-state index in [-0.39, 0.29) is 23.7 Å². The van der Waals surface area contributed by atoms with Gasteiger partial charge in [0.05, 0.1) is 18.6 Å². The van der Waals surface area contributed by atoms with Crippen molar-refractivity contribution >= 4 is 5.97 Å². The van der Waals surface area contributed by atoms with Gasteiger partial charge in [0.2, 0.25) is 0 Å². The smallest absolute Gasteiger partial charge is 0.303 e. The molecule has 1 saturated carbocycles. The highest BCUT2D eigenvalue weighted by Gasteiger charge is 2.35. The molecule has 4 nitrogen and oxygen atoms in total. The van der Waals surface area contributed by atoms with Crippen LogP contribution < -0.4 is 0 Å². The second kappa shape index (κ2) is 7.95. The standard InChI is InChI=1S/C17H30O4/c1-4-5-10-17(2,3)15(19)9-7-12-6-8-14(18)13(12)11-16(20)21/h7,9,12-15,18-19H,4-6,8,10-11H2,1-3H3,(H,20,21)/b9-7+. The third kappa shape index (κ3) is 5.44. The molecular formula is C17H30O4. The fraction of sp³-hybridized carbons (Fsp3) is 0.824. The topological polar surface area (TPSA) is 77.8 Å². The Kier molecular flexibility index (Phi) is 6.88. The highest BCUT2D eigenvalue weighted by atomic mass is 16.4. The molecule has 1 aliphatic rings. The molecule has 4 unspecified atom stereocenters. The average Bonchev–Trinajstić information content (AvgIpc) is 2.74. The van der Waals surface area contributed by atoms with Gasteiger partial charge in [0, 0.05) is 5.92 Å². The summed E-state index contributed by atoms with van der Waals surface area (Å²) < 4.78 is 0. The highest BCUT2D eigenvalue weighted by Crippen LogP contribution is 2.36. The second-order valence-corrected chi connectivity index (χ2v) is 6.99. The number of carbonyl (C=O) groups is 1. The lowest BCUT2D eigenvalue weighted by molar-refractivity contribution is -0.139. The van der Waals surface area contributed by atoms with Gasteiger partial charge in [-0.2, -0.15) is 0 Å². The number of rotatable bonds is 8. The molecular weight excluding hydrogens is 268 g/mol. The summed E-state index contributed by atoms with van der Waals surface area (Å²) in [6, 6.07) is 0. The number of hydrogen-bond donors (Lipinski definition) is 3. The predicted octanol–water partition coefficient (Wildman–Crippen LogP) is 2.98. The first-order valence-corrected chi connectivity index (χ1v) is 8.04. The molecule has 21 heavy (non-hydrogen) atoms. The fourth-order valence-corrected chi connectivity index (χ4v) is 3.09. The van der Waals surface area contributed by atoms with Gasteiger partial charge in [-0.05, 0) is 30.6 Å². The summed E-state index contributed by atoms with van der Waals surface area (Å²) >= 11 is 0. The maximum Gasteiger partial charge on any atom is 0.303 e. The van der Waals surface area contributed by atoms with Gasteiger partial charge < -0.3 is 15.3 Å². The summed E-state index contributed by atoms with van der Waals surface area (Å²) in [6.45, 7) is 6.24. The number of hydrogen-bond acceptors (Lipinski definition) is 3. The van der Waals surface area contributed by atoms with Crippen LogP contribution in [0.3, 0.4) is 0 Å². The van der Waals surface area contributed by atoms with Crippen molar-refractivity contribution < 1.29 is 20.1 Å². The highest BCUT2D eigenvalue weighted by molar-refractivity contribution is 5.67. The van der Waals surface area contributed by atoms with Crippen molar-refractivity contribution in [3.63, 3.8) is 0 Å². The Balaban J connectivity index is 2.63. The molecule has 0 bridgehead atoms. The van der Waals surface area contributed by atoms with Crippen LogP contribution in [0.2, 0.25) is 0 Å². The van der Waals surface area contributed by atoms with E-state index < -0.39 is 18.2 Å². The van der Waals surface area contributed by atoms with E-state index in [0.29, 0.717) is 6.42 Å². The Morgan fingerprint density at radius 1 is 1.38 bits per heavy atom. The summed E-state index contributed by atoms with van der Waals surface area (Å²) in [4.78, 5) is 10.9. The summed E-state index contributed by atoms with van der Waals surface area (Å²) in [5.41, 5.74) is -0.175. The number of carboxylic acids is 1. The molecule has 0 aliphatic heterocycles. The van der Waals surface area contributed by atoms with Crippen molar-refractivity contribution in [2.45, 2.75) is 71.5 Å². The molecule has 122 valence electrons. The lowest BCUT2D eigenvalue weighted by Gasteiger charge is -2.29. The third-order valence-corrected chi connectivity index (χ3v) is 4.77. The maximum absolute atomic E-state index is 10.9. The van der Waals surface area contributed by atoms with E-state index in [9.17, 15) is 15.0 Å². The summed E-state index contributed by atoms with van der Waals surface area (Å²) in [5, 5.41) is 29.2. The van der Waals surface area contributed by atoms with Crippen molar-refractivity contribution in [3.8, 4) is 0 Å². The fourth-order valence-electron chi connectivity index (χ4n) is 3.09. The minimum absolute atomic E-state index is 0.00844. The lowest BCUT2D eigenvalue weighted by Crippen LogP contribution is -2.28. The van der Waals surface area contributed by atoms with Crippen LogP contribution in [0.25, 0.3) is 0 Å². The molecule has 0 heterocycles. The zero-order valence-corrected chi connectivity index (χ0v) is 13.5. The van der Waals surface area contributed by atoms with E-state index in [1.807, 2.05) is 6.08 Å². The SMILES string of the molecule is CCCCC(C)(C)C(O)/C=C/C1CCC(O)C1CC(=O)O. The van der Waals surface area contributed by atoms with E-state index >= 15 is 0 Å². The van der Waals surface area contributed by atoms with Crippen LogP contribution >= 0.6 is 0 Å². The average molecular weight is 298 g/mol. The monoisotopic (exact) mass is 298 g/mol. The molecule has 1 fully saturated rings. The minimum atomic E-state index is -0.872. The second-order valence-electron chi connectivity index (χ2n) is 6.99. The van der Waals surface area contributed by atoms with Gasteiger partial charge >= 0.3 is 5.97 Å². The Morgan fingerprint density at radius 3 is 2.62 bits per heavy atom. The Bertz CT molecular complexity index is 362. The molecule has 0 aromatic heterocycles. The molecule has 3 N–H and O–H groups in total. The van der Waals surface area contributed by atoms with E-state index in [4.69, 9.17) is 5.11 Å². The van der Waals surface area contributed by atoms with Crippen molar-refractivity contribution in [1.29, 1.82) is 0 Å². The van der Waals surface area contributed by atoms with Crippen LogP contribution in [-0.4, -0.2) is 33.5 Å². The minimum Gasteiger partial charge on any atom is -0.481 e. The first kappa shape index (κ1) is 18.2. The Labute approximate surface area is 127 Å². The van der Waals surface area contributed by atoms with E-state index in [1.54, 1.807) is 6.08 Å². The molecule has 0 saturated heterocycles. The zero-order chi connectivity index (χ0) is 16.0. The normalized spacial score (nSPS) is 28.1. The van der Waals surface area contributed by atoms with Gasteiger partial charge in [-0.3, -0.25) is 4.79 Å². The largest absolute Gasteiger partial charge is 0.481 e. The first-order chi connectivity index (χ1) is 9.77. The number of aliphatic hydroxyl groups excluding tert-OH is 2. The van der Waals surface area contributed by atoms with Crippen LogP contribution in [0.4, 0.5) is 0 Å². The zero-order valence-electron chi connectivity index (χ0n) is 13.5. The van der Waals surface area contributed by atoms with E-state index in [1.165, 1.54) is 0 Å². The van der Waals surface area contributed by atoms with Gasteiger partial charge in [-0.1, -0.05) is 45.8 Å². The van der Waals surface area contributed by atoms with Gasteiger partial charge in [0.1, 0.15) is 0 Å². The molecule has 4 atom stereocenters. The van der Waals surface area contributed by atoms with Gasteiger partial charge in [0.25, 0.3) is 0 Å². The first-order valence-electron chi connectivity index (χ1n) is 8.04. The maximum atomic E-state index is 10.9. The van der Waals surface area contributed by atoms with Crippen LogP contribution in [0, 0.1) is 17.3 Å². The lowest BCUT2D eigenvalue weighted by atomic mass is 9.80. The van der Waals surface area contributed by atoms with Crippen molar-refractivity contribution in [1.82, 2.24) is 0 Å². The van der Waals surface area contributed by atoms with Crippen molar-refractivity contribution in [2.24, 2.45) is 17.3 Å². The number of aliphatic carboxylic acids is 1. The van der Waals surface area contributed by atoms with Crippen LogP contribution in [-0.2, 0) is 4.79 Å². The van der Waals surface area contributed by atoms with Crippen LogP contribution in [0.1, 0.15) is 59.3 Å². The Morgan fingerprint density at radius 2 is 2.05 bits per heavy atom. The molecule has 0 spiro atoms. The third-order valence-electron chi connectivity index (χ3n) is 4.77. The Hall–Kier alpha value is -0.870. The molecule has 0 aromatic carbocycles. The molecule has 4 heteroatoms. The molecule has 1 rings (SSSR count). The summed E-state index contributed by atoms with van der Waals surface area (Å²) in [5.74, 6) is -1.05. The number of unbranched alkanes of at least 4 members (excludes halogenated alkanes) is 1.